The van der Waals surface area contributed by atoms with E-state index in [0.29, 0.717) is 17.1 Å². The predicted octanol–water partition coefficient (Wildman–Crippen LogP) is 3.14. The molecule has 0 saturated heterocycles. The molecule has 2 aromatic rings. The predicted molar refractivity (Wildman–Crippen MR) is 103 cm³/mol. The van der Waals surface area contributed by atoms with Gasteiger partial charge in [0.2, 0.25) is 0 Å². The van der Waals surface area contributed by atoms with Gasteiger partial charge in [0.1, 0.15) is 11.5 Å². The van der Waals surface area contributed by atoms with Gasteiger partial charge in [-0.2, -0.15) is 0 Å². The Hall–Kier alpha value is -3.28. The largest absolute Gasteiger partial charge is 0.497 e. The summed E-state index contributed by atoms with van der Waals surface area (Å²) in [5, 5.41) is 2.78. The molecule has 142 valence electrons. The highest BCUT2D eigenvalue weighted by Gasteiger charge is 2.10. The second kappa shape index (κ2) is 10.0. The number of carbonyl (C=O) groups excluding carboxylic acids is 2. The average molecular weight is 369 g/mol. The van der Waals surface area contributed by atoms with Crippen molar-refractivity contribution >= 4 is 18.0 Å². The topological polar surface area (TPSA) is 73.9 Å². The molecule has 0 saturated carbocycles. The summed E-state index contributed by atoms with van der Waals surface area (Å²) >= 11 is 0. The molecule has 1 atom stereocenters. The van der Waals surface area contributed by atoms with Crippen LogP contribution in [0.3, 0.4) is 0 Å². The number of ether oxygens (including phenoxy) is 3. The summed E-state index contributed by atoms with van der Waals surface area (Å²) in [6.07, 6.45) is 2.82. The van der Waals surface area contributed by atoms with Gasteiger partial charge in [-0.1, -0.05) is 30.3 Å². The van der Waals surface area contributed by atoms with Crippen LogP contribution in [0.4, 0.5) is 0 Å². The molecule has 0 fully saturated rings. The molecule has 1 amide bonds. The summed E-state index contributed by atoms with van der Waals surface area (Å²) in [5.41, 5.74) is 1.69. The van der Waals surface area contributed by atoms with E-state index in [9.17, 15) is 9.59 Å². The van der Waals surface area contributed by atoms with E-state index in [1.54, 1.807) is 38.5 Å². The van der Waals surface area contributed by atoms with Crippen molar-refractivity contribution in [2.24, 2.45) is 0 Å². The summed E-state index contributed by atoms with van der Waals surface area (Å²) in [6, 6.07) is 14.6. The molecule has 0 unspecified atom stereocenters. The summed E-state index contributed by atoms with van der Waals surface area (Å²) in [5.74, 6) is 0.240. The number of benzene rings is 2. The zero-order valence-corrected chi connectivity index (χ0v) is 15.6. The molecule has 2 aromatic carbocycles. The highest BCUT2D eigenvalue weighted by atomic mass is 16.5. The standard InChI is InChI=1S/C21H23NO5/c1-15(17-7-5-4-6-8-17)22-20(23)14-27-21(24)10-9-16-11-18(25-2)13-19(12-16)26-3/h4-13,15H,14H2,1-3H3,(H,22,23)/b10-9+/t15-/m1/s1. The number of hydrogen-bond acceptors (Lipinski definition) is 5. The molecule has 0 aliphatic carbocycles. The lowest BCUT2D eigenvalue weighted by molar-refractivity contribution is -0.144. The number of rotatable bonds is 8. The number of amides is 1. The molecule has 0 aliphatic heterocycles. The van der Waals surface area contributed by atoms with Gasteiger partial charge < -0.3 is 19.5 Å². The van der Waals surface area contributed by atoms with Crippen LogP contribution in [-0.4, -0.2) is 32.7 Å². The summed E-state index contributed by atoms with van der Waals surface area (Å²) in [4.78, 5) is 23.8. The van der Waals surface area contributed by atoms with Crippen molar-refractivity contribution in [1.29, 1.82) is 0 Å². The van der Waals surface area contributed by atoms with Crippen molar-refractivity contribution in [3.8, 4) is 11.5 Å². The monoisotopic (exact) mass is 369 g/mol. The number of nitrogens with one attached hydrogen (secondary N) is 1. The Morgan fingerprint density at radius 2 is 1.67 bits per heavy atom. The van der Waals surface area contributed by atoms with E-state index in [0.717, 1.165) is 5.56 Å². The van der Waals surface area contributed by atoms with Gasteiger partial charge in [-0.3, -0.25) is 4.79 Å². The van der Waals surface area contributed by atoms with Crippen LogP contribution in [0.1, 0.15) is 24.1 Å². The first-order chi connectivity index (χ1) is 13.0. The van der Waals surface area contributed by atoms with Gasteiger partial charge in [-0.05, 0) is 36.3 Å². The molecule has 0 radical (unpaired) electrons. The van der Waals surface area contributed by atoms with Gasteiger partial charge in [-0.15, -0.1) is 0 Å². The van der Waals surface area contributed by atoms with Gasteiger partial charge in [0.15, 0.2) is 6.61 Å². The Morgan fingerprint density at radius 1 is 1.04 bits per heavy atom. The van der Waals surface area contributed by atoms with Gasteiger partial charge in [-0.25, -0.2) is 4.79 Å². The quantitative estimate of drug-likeness (QED) is 0.572. The van der Waals surface area contributed by atoms with Crippen molar-refractivity contribution in [3.63, 3.8) is 0 Å². The van der Waals surface area contributed by atoms with E-state index in [-0.39, 0.29) is 18.6 Å². The van der Waals surface area contributed by atoms with E-state index in [1.807, 2.05) is 37.3 Å². The fraction of sp³-hybridized carbons (Fsp3) is 0.238. The van der Waals surface area contributed by atoms with E-state index in [4.69, 9.17) is 14.2 Å². The first-order valence-electron chi connectivity index (χ1n) is 8.44. The molecule has 0 bridgehead atoms. The Balaban J connectivity index is 1.85. The highest BCUT2D eigenvalue weighted by Crippen LogP contribution is 2.23. The van der Waals surface area contributed by atoms with Crippen LogP contribution in [0, 0.1) is 0 Å². The van der Waals surface area contributed by atoms with Gasteiger partial charge in [0, 0.05) is 12.1 Å². The van der Waals surface area contributed by atoms with Crippen molar-refractivity contribution < 1.29 is 23.8 Å². The second-order valence-electron chi connectivity index (χ2n) is 5.79. The third kappa shape index (κ3) is 6.51. The molecule has 0 aromatic heterocycles. The molecular formula is C21H23NO5. The van der Waals surface area contributed by atoms with Crippen LogP contribution in [-0.2, 0) is 14.3 Å². The number of hydrogen-bond donors (Lipinski definition) is 1. The Morgan fingerprint density at radius 3 is 2.26 bits per heavy atom. The van der Waals surface area contributed by atoms with Crippen LogP contribution in [0.2, 0.25) is 0 Å². The lowest BCUT2D eigenvalue weighted by atomic mass is 10.1. The zero-order chi connectivity index (χ0) is 19.6. The van der Waals surface area contributed by atoms with Gasteiger partial charge in [0.05, 0.1) is 20.3 Å². The smallest absolute Gasteiger partial charge is 0.331 e. The van der Waals surface area contributed by atoms with Crippen molar-refractivity contribution in [1.82, 2.24) is 5.32 Å². The molecule has 6 nitrogen and oxygen atoms in total. The Kier molecular flexibility index (Phi) is 7.43. The fourth-order valence-electron chi connectivity index (χ4n) is 2.38. The second-order valence-corrected chi connectivity index (χ2v) is 5.79. The number of methoxy groups -OCH3 is 2. The van der Waals surface area contributed by atoms with Crippen molar-refractivity contribution in [3.05, 3.63) is 65.7 Å². The van der Waals surface area contributed by atoms with Crippen molar-refractivity contribution in [2.75, 3.05) is 20.8 Å². The Bertz CT molecular complexity index is 779. The van der Waals surface area contributed by atoms with Crippen LogP contribution in [0.5, 0.6) is 11.5 Å². The third-order valence-corrected chi connectivity index (χ3v) is 3.81. The molecule has 0 heterocycles. The third-order valence-electron chi connectivity index (χ3n) is 3.81. The van der Waals surface area contributed by atoms with Crippen LogP contribution in [0.15, 0.2) is 54.6 Å². The zero-order valence-electron chi connectivity index (χ0n) is 15.6. The molecule has 1 N–H and O–H groups in total. The van der Waals surface area contributed by atoms with Crippen LogP contribution < -0.4 is 14.8 Å². The minimum atomic E-state index is -0.612. The van der Waals surface area contributed by atoms with Crippen LogP contribution in [0.25, 0.3) is 6.08 Å². The maximum Gasteiger partial charge on any atom is 0.331 e. The fourth-order valence-corrected chi connectivity index (χ4v) is 2.38. The average Bonchev–Trinajstić information content (AvgIpc) is 2.70. The molecule has 27 heavy (non-hydrogen) atoms. The normalized spacial score (nSPS) is 11.7. The molecule has 2 rings (SSSR count). The minimum absolute atomic E-state index is 0.169. The molecule has 0 spiro atoms. The lowest BCUT2D eigenvalue weighted by Crippen LogP contribution is -2.30. The first-order valence-corrected chi connectivity index (χ1v) is 8.44. The van der Waals surface area contributed by atoms with E-state index >= 15 is 0 Å². The highest BCUT2D eigenvalue weighted by molar-refractivity contribution is 5.89. The number of carbonyl (C=O) groups is 2. The maximum absolute atomic E-state index is 11.9. The van der Waals surface area contributed by atoms with E-state index in [1.165, 1.54) is 6.08 Å². The van der Waals surface area contributed by atoms with Gasteiger partial charge in [0.25, 0.3) is 5.91 Å². The van der Waals surface area contributed by atoms with Crippen molar-refractivity contribution in [2.45, 2.75) is 13.0 Å². The molecule has 6 heteroatoms. The SMILES string of the molecule is COc1cc(/C=C/C(=O)OCC(=O)N[C@H](C)c2ccccc2)cc(OC)c1. The van der Waals surface area contributed by atoms with E-state index in [2.05, 4.69) is 5.32 Å². The summed E-state index contributed by atoms with van der Waals surface area (Å²) in [7, 11) is 3.09. The molecule has 0 aliphatic rings. The molecular weight excluding hydrogens is 346 g/mol. The summed E-state index contributed by atoms with van der Waals surface area (Å²) in [6.45, 7) is 1.52. The maximum atomic E-state index is 11.9. The van der Waals surface area contributed by atoms with E-state index < -0.39 is 5.97 Å². The van der Waals surface area contributed by atoms with Crippen LogP contribution >= 0.6 is 0 Å². The van der Waals surface area contributed by atoms with Gasteiger partial charge >= 0.3 is 5.97 Å². The minimum Gasteiger partial charge on any atom is -0.497 e. The Labute approximate surface area is 158 Å². The number of esters is 1. The summed E-state index contributed by atoms with van der Waals surface area (Å²) < 4.78 is 15.3. The lowest BCUT2D eigenvalue weighted by Gasteiger charge is -2.14. The first kappa shape index (κ1) is 20.0.